The summed E-state index contributed by atoms with van der Waals surface area (Å²) in [6.07, 6.45) is 6.23. The lowest BCUT2D eigenvalue weighted by Crippen LogP contribution is -2.39. The van der Waals surface area contributed by atoms with Crippen molar-refractivity contribution in [1.29, 1.82) is 0 Å². The third-order valence-electron chi connectivity index (χ3n) is 5.95. The lowest BCUT2D eigenvalue weighted by molar-refractivity contribution is -0.126. The number of anilines is 1. The van der Waals surface area contributed by atoms with Crippen molar-refractivity contribution in [2.75, 3.05) is 45.1 Å². The first-order valence-electron chi connectivity index (χ1n) is 10.7. The topological polar surface area (TPSA) is 64.7 Å². The molecule has 6 nitrogen and oxygen atoms in total. The molecule has 0 saturated carbocycles. The first kappa shape index (κ1) is 20.8. The van der Waals surface area contributed by atoms with Gasteiger partial charge in [0.15, 0.2) is 0 Å². The second kappa shape index (κ2) is 10.6. The average Bonchev–Trinajstić information content (AvgIpc) is 2.74. The summed E-state index contributed by atoms with van der Waals surface area (Å²) in [6, 6.07) is 8.16. The van der Waals surface area contributed by atoms with Gasteiger partial charge in [-0.25, -0.2) is 0 Å². The molecule has 2 aliphatic rings. The standard InChI is InChI=1S/C22H34N4O2/c1-23-22(28)19-9-14-26(15-10-19)17-18-5-7-20(8-6-18)24-21(27)11-16-25-12-3-2-4-13-25/h5-8,19H,2-4,9-17H2,1H3,(H,23,28)(H,24,27). The fourth-order valence-corrected chi connectivity index (χ4v) is 4.18. The number of carbonyl (C=O) groups is 2. The highest BCUT2D eigenvalue weighted by Gasteiger charge is 2.24. The molecule has 0 atom stereocenters. The minimum Gasteiger partial charge on any atom is -0.359 e. The van der Waals surface area contributed by atoms with Gasteiger partial charge in [-0.2, -0.15) is 0 Å². The van der Waals surface area contributed by atoms with Crippen LogP contribution in [0.15, 0.2) is 24.3 Å². The van der Waals surface area contributed by atoms with Crippen LogP contribution < -0.4 is 10.6 Å². The number of likely N-dealkylation sites (tertiary alicyclic amines) is 2. The zero-order valence-corrected chi connectivity index (χ0v) is 17.1. The molecule has 2 fully saturated rings. The van der Waals surface area contributed by atoms with Crippen LogP contribution in [0.25, 0.3) is 0 Å². The van der Waals surface area contributed by atoms with Crippen molar-refractivity contribution in [2.45, 2.75) is 45.1 Å². The number of benzene rings is 1. The molecule has 0 unspecified atom stereocenters. The number of hydrogen-bond acceptors (Lipinski definition) is 4. The number of piperidine rings is 2. The highest BCUT2D eigenvalue weighted by molar-refractivity contribution is 5.90. The molecular formula is C22H34N4O2. The zero-order chi connectivity index (χ0) is 19.8. The van der Waals surface area contributed by atoms with Gasteiger partial charge in [0.1, 0.15) is 0 Å². The van der Waals surface area contributed by atoms with Crippen LogP contribution in [0.1, 0.15) is 44.1 Å². The summed E-state index contributed by atoms with van der Waals surface area (Å²) in [5.74, 6) is 0.415. The van der Waals surface area contributed by atoms with Crippen LogP contribution in [-0.4, -0.2) is 61.4 Å². The van der Waals surface area contributed by atoms with Crippen LogP contribution in [0.5, 0.6) is 0 Å². The molecule has 3 rings (SSSR count). The van der Waals surface area contributed by atoms with Crippen LogP contribution in [-0.2, 0) is 16.1 Å². The summed E-state index contributed by atoms with van der Waals surface area (Å²) in [5.41, 5.74) is 2.11. The monoisotopic (exact) mass is 386 g/mol. The molecule has 0 aliphatic carbocycles. The molecule has 2 aliphatic heterocycles. The predicted molar refractivity (Wildman–Crippen MR) is 112 cm³/mol. The van der Waals surface area contributed by atoms with E-state index in [-0.39, 0.29) is 17.7 Å². The molecule has 154 valence electrons. The Bertz CT molecular complexity index is 632. The lowest BCUT2D eigenvalue weighted by Gasteiger charge is -2.31. The van der Waals surface area contributed by atoms with Crippen molar-refractivity contribution in [3.8, 4) is 0 Å². The highest BCUT2D eigenvalue weighted by Crippen LogP contribution is 2.20. The molecule has 0 bridgehead atoms. The van der Waals surface area contributed by atoms with Crippen molar-refractivity contribution >= 4 is 17.5 Å². The van der Waals surface area contributed by atoms with Gasteiger partial charge >= 0.3 is 0 Å². The Morgan fingerprint density at radius 1 is 0.964 bits per heavy atom. The predicted octanol–water partition coefficient (Wildman–Crippen LogP) is 2.46. The minimum atomic E-state index is 0.0922. The largest absolute Gasteiger partial charge is 0.359 e. The Balaban J connectivity index is 1.38. The van der Waals surface area contributed by atoms with E-state index in [1.807, 2.05) is 12.1 Å². The van der Waals surface area contributed by atoms with Crippen LogP contribution >= 0.6 is 0 Å². The smallest absolute Gasteiger partial charge is 0.225 e. The maximum absolute atomic E-state index is 12.2. The highest BCUT2D eigenvalue weighted by atomic mass is 16.2. The fourth-order valence-electron chi connectivity index (χ4n) is 4.18. The summed E-state index contributed by atoms with van der Waals surface area (Å²) in [6.45, 7) is 5.91. The van der Waals surface area contributed by atoms with E-state index in [2.05, 4.69) is 32.6 Å². The lowest BCUT2D eigenvalue weighted by atomic mass is 9.95. The van der Waals surface area contributed by atoms with Crippen molar-refractivity contribution in [3.05, 3.63) is 29.8 Å². The van der Waals surface area contributed by atoms with Gasteiger partial charge < -0.3 is 15.5 Å². The molecule has 2 N–H and O–H groups in total. The molecule has 1 aromatic rings. The molecule has 2 amide bonds. The third kappa shape index (κ3) is 6.31. The summed E-state index contributed by atoms with van der Waals surface area (Å²) < 4.78 is 0. The number of rotatable bonds is 7. The van der Waals surface area contributed by atoms with Crippen LogP contribution in [0.2, 0.25) is 0 Å². The number of hydrogen-bond donors (Lipinski definition) is 2. The first-order valence-corrected chi connectivity index (χ1v) is 10.7. The van der Waals surface area contributed by atoms with E-state index in [0.717, 1.165) is 57.8 Å². The number of nitrogens with zero attached hydrogens (tertiary/aromatic N) is 2. The van der Waals surface area contributed by atoms with Gasteiger partial charge in [-0.1, -0.05) is 18.6 Å². The zero-order valence-electron chi connectivity index (χ0n) is 17.1. The summed E-state index contributed by atoms with van der Waals surface area (Å²) in [4.78, 5) is 28.7. The van der Waals surface area contributed by atoms with E-state index < -0.39 is 0 Å². The van der Waals surface area contributed by atoms with Crippen LogP contribution in [0.3, 0.4) is 0 Å². The Kier molecular flexibility index (Phi) is 7.86. The van der Waals surface area contributed by atoms with Gasteiger partial charge in [0.2, 0.25) is 11.8 Å². The van der Waals surface area contributed by atoms with E-state index in [9.17, 15) is 9.59 Å². The molecule has 28 heavy (non-hydrogen) atoms. The maximum atomic E-state index is 12.2. The molecule has 0 spiro atoms. The van der Waals surface area contributed by atoms with Gasteiger partial charge in [0.25, 0.3) is 0 Å². The summed E-state index contributed by atoms with van der Waals surface area (Å²) in [5, 5.41) is 5.77. The molecule has 1 aromatic carbocycles. The van der Waals surface area contributed by atoms with Gasteiger partial charge in [-0.05, 0) is 69.6 Å². The van der Waals surface area contributed by atoms with Gasteiger partial charge in [0.05, 0.1) is 0 Å². The normalized spacial score (nSPS) is 19.3. The summed E-state index contributed by atoms with van der Waals surface area (Å²) >= 11 is 0. The van der Waals surface area contributed by atoms with Crippen molar-refractivity contribution in [1.82, 2.24) is 15.1 Å². The first-order chi connectivity index (χ1) is 13.6. The van der Waals surface area contributed by atoms with Crippen LogP contribution in [0.4, 0.5) is 5.69 Å². The molecule has 0 radical (unpaired) electrons. The second-order valence-electron chi connectivity index (χ2n) is 8.06. The molecule has 2 heterocycles. The minimum absolute atomic E-state index is 0.0922. The van der Waals surface area contributed by atoms with Crippen molar-refractivity contribution < 1.29 is 9.59 Å². The van der Waals surface area contributed by atoms with E-state index in [1.54, 1.807) is 7.05 Å². The van der Waals surface area contributed by atoms with Gasteiger partial charge in [-0.15, -0.1) is 0 Å². The fraction of sp³-hybridized carbons (Fsp3) is 0.636. The average molecular weight is 387 g/mol. The quantitative estimate of drug-likeness (QED) is 0.756. The molecular weight excluding hydrogens is 352 g/mol. The van der Waals surface area contributed by atoms with Gasteiger partial charge in [0, 0.05) is 38.2 Å². The third-order valence-corrected chi connectivity index (χ3v) is 5.95. The Morgan fingerprint density at radius 2 is 1.64 bits per heavy atom. The Hall–Kier alpha value is -1.92. The van der Waals surface area contributed by atoms with E-state index in [0.29, 0.717) is 6.42 Å². The maximum Gasteiger partial charge on any atom is 0.225 e. The SMILES string of the molecule is CNC(=O)C1CCN(Cc2ccc(NC(=O)CCN3CCCCC3)cc2)CC1. The molecule has 2 saturated heterocycles. The Morgan fingerprint density at radius 3 is 2.29 bits per heavy atom. The van der Waals surface area contributed by atoms with Gasteiger partial charge in [-0.3, -0.25) is 14.5 Å². The van der Waals surface area contributed by atoms with Crippen molar-refractivity contribution in [2.24, 2.45) is 5.92 Å². The number of nitrogens with one attached hydrogen (secondary N) is 2. The van der Waals surface area contributed by atoms with Crippen LogP contribution in [0, 0.1) is 5.92 Å². The van der Waals surface area contributed by atoms with E-state index in [4.69, 9.17) is 0 Å². The number of carbonyl (C=O) groups excluding carboxylic acids is 2. The second-order valence-corrected chi connectivity index (χ2v) is 8.06. The Labute approximate surface area is 168 Å². The number of amides is 2. The van der Waals surface area contributed by atoms with E-state index in [1.165, 1.54) is 24.8 Å². The molecule has 0 aromatic heterocycles. The summed E-state index contributed by atoms with van der Waals surface area (Å²) in [7, 11) is 1.71. The molecule has 6 heteroatoms. The van der Waals surface area contributed by atoms with Crippen molar-refractivity contribution in [3.63, 3.8) is 0 Å². The van der Waals surface area contributed by atoms with E-state index >= 15 is 0 Å².